The van der Waals surface area contributed by atoms with Crippen LogP contribution in [0.25, 0.3) is 0 Å². The van der Waals surface area contributed by atoms with Crippen molar-refractivity contribution in [3.8, 4) is 0 Å². The number of hydrogen-bond acceptors (Lipinski definition) is 2. The van der Waals surface area contributed by atoms with E-state index in [-0.39, 0.29) is 17.4 Å². The summed E-state index contributed by atoms with van der Waals surface area (Å²) < 4.78 is 0. The van der Waals surface area contributed by atoms with Crippen molar-refractivity contribution in [2.45, 2.75) is 51.5 Å². The monoisotopic (exact) mass is 258 g/mol. The maximum Gasteiger partial charge on any atom is 0.228 e. The molecule has 1 aliphatic carbocycles. The second-order valence-corrected chi connectivity index (χ2v) is 6.33. The van der Waals surface area contributed by atoms with Crippen LogP contribution in [0.1, 0.15) is 56.2 Å². The average molecular weight is 258 g/mol. The van der Waals surface area contributed by atoms with Gasteiger partial charge in [-0.05, 0) is 35.4 Å². The van der Waals surface area contributed by atoms with Gasteiger partial charge in [-0.2, -0.15) is 0 Å². The molecule has 102 valence electrons. The lowest BCUT2D eigenvalue weighted by atomic mass is 9.69. The quantitative estimate of drug-likeness (QED) is 0.856. The minimum atomic E-state index is 0.0776. The fraction of sp³-hybridized carbons (Fsp3) is 0.562. The fourth-order valence-corrected chi connectivity index (χ4v) is 3.52. The highest BCUT2D eigenvalue weighted by Gasteiger charge is 2.34. The zero-order valence-corrected chi connectivity index (χ0v) is 11.5. The van der Waals surface area contributed by atoms with Crippen molar-refractivity contribution < 1.29 is 4.79 Å². The Hall–Kier alpha value is -1.35. The third kappa shape index (κ3) is 2.27. The van der Waals surface area contributed by atoms with Crippen LogP contribution in [0.4, 0.5) is 5.69 Å². The Morgan fingerprint density at radius 1 is 1.26 bits per heavy atom. The lowest BCUT2D eigenvalue weighted by molar-refractivity contribution is -0.115. The Morgan fingerprint density at radius 2 is 2.00 bits per heavy atom. The maximum absolute atomic E-state index is 11.4. The highest BCUT2D eigenvalue weighted by molar-refractivity contribution is 5.99. The minimum absolute atomic E-state index is 0.0776. The Balaban J connectivity index is 1.86. The third-order valence-corrected chi connectivity index (χ3v) is 4.86. The summed E-state index contributed by atoms with van der Waals surface area (Å²) in [6, 6.07) is 6.28. The minimum Gasteiger partial charge on any atom is -0.326 e. The zero-order valence-electron chi connectivity index (χ0n) is 11.5. The second-order valence-electron chi connectivity index (χ2n) is 6.33. The van der Waals surface area contributed by atoms with E-state index < -0.39 is 0 Å². The first-order chi connectivity index (χ1) is 9.08. The van der Waals surface area contributed by atoms with Gasteiger partial charge < -0.3 is 11.1 Å². The summed E-state index contributed by atoms with van der Waals surface area (Å²) in [6.45, 7) is 2.31. The second kappa shape index (κ2) is 4.64. The first-order valence-electron chi connectivity index (χ1n) is 7.27. The number of hydrogen-bond donors (Lipinski definition) is 2. The van der Waals surface area contributed by atoms with Crippen LogP contribution in [0.2, 0.25) is 0 Å². The van der Waals surface area contributed by atoms with Crippen molar-refractivity contribution >= 4 is 11.6 Å². The predicted octanol–water partition coefficient (Wildman–Crippen LogP) is 3.15. The maximum atomic E-state index is 11.4. The van der Waals surface area contributed by atoms with Crippen molar-refractivity contribution in [2.24, 2.45) is 11.1 Å². The largest absolute Gasteiger partial charge is 0.326 e. The summed E-state index contributed by atoms with van der Waals surface area (Å²) >= 11 is 0. The molecule has 2 aliphatic rings. The number of benzene rings is 1. The van der Waals surface area contributed by atoms with E-state index in [1.807, 2.05) is 6.07 Å². The molecular formula is C16H22N2O. The molecule has 0 saturated heterocycles. The molecule has 1 aromatic carbocycles. The van der Waals surface area contributed by atoms with Crippen LogP contribution in [0.3, 0.4) is 0 Å². The summed E-state index contributed by atoms with van der Waals surface area (Å²) in [7, 11) is 0. The van der Waals surface area contributed by atoms with Crippen LogP contribution in [0.5, 0.6) is 0 Å². The molecule has 3 heteroatoms. The lowest BCUT2D eigenvalue weighted by Gasteiger charge is -2.39. The molecular weight excluding hydrogens is 236 g/mol. The van der Waals surface area contributed by atoms with Gasteiger partial charge in [0.15, 0.2) is 0 Å². The molecule has 1 aromatic rings. The molecule has 1 heterocycles. The first-order valence-corrected chi connectivity index (χ1v) is 7.27. The van der Waals surface area contributed by atoms with Crippen LogP contribution in [-0.4, -0.2) is 5.91 Å². The number of fused-ring (bicyclic) bond motifs is 1. The van der Waals surface area contributed by atoms with Gasteiger partial charge in [-0.1, -0.05) is 38.3 Å². The normalized spacial score (nSPS) is 22.7. The van der Waals surface area contributed by atoms with Gasteiger partial charge in [0.25, 0.3) is 0 Å². The number of rotatable bonds is 2. The number of anilines is 1. The van der Waals surface area contributed by atoms with Gasteiger partial charge >= 0.3 is 0 Å². The number of nitrogens with one attached hydrogen (secondary N) is 1. The van der Waals surface area contributed by atoms with E-state index in [1.165, 1.54) is 37.7 Å². The average Bonchev–Trinajstić information content (AvgIpc) is 2.77. The molecule has 1 amide bonds. The molecule has 0 bridgehead atoms. The number of amides is 1. The Labute approximate surface area is 114 Å². The van der Waals surface area contributed by atoms with Gasteiger partial charge in [0.2, 0.25) is 5.91 Å². The van der Waals surface area contributed by atoms with Crippen molar-refractivity contribution in [1.29, 1.82) is 0 Å². The topological polar surface area (TPSA) is 55.1 Å². The van der Waals surface area contributed by atoms with E-state index in [4.69, 9.17) is 5.73 Å². The van der Waals surface area contributed by atoms with Gasteiger partial charge in [0.05, 0.1) is 6.42 Å². The third-order valence-electron chi connectivity index (χ3n) is 4.86. The Kier molecular flexibility index (Phi) is 3.09. The Bertz CT molecular complexity index is 503. The van der Waals surface area contributed by atoms with E-state index in [9.17, 15) is 4.79 Å². The molecule has 0 radical (unpaired) electrons. The van der Waals surface area contributed by atoms with E-state index >= 15 is 0 Å². The van der Waals surface area contributed by atoms with Crippen molar-refractivity contribution in [3.63, 3.8) is 0 Å². The molecule has 1 fully saturated rings. The number of carbonyl (C=O) groups excluding carboxylic acids is 1. The summed E-state index contributed by atoms with van der Waals surface area (Å²) in [6.07, 6.45) is 6.83. The van der Waals surface area contributed by atoms with Crippen molar-refractivity contribution in [2.75, 3.05) is 5.32 Å². The molecule has 1 unspecified atom stereocenters. The Morgan fingerprint density at radius 3 is 2.74 bits per heavy atom. The van der Waals surface area contributed by atoms with Crippen LogP contribution >= 0.6 is 0 Å². The standard InChI is InChI=1S/C16H22N2O/c1-16(7-3-2-4-8-16)15(17)11-5-6-13-12(9-11)10-14(19)18-13/h5-6,9,15H,2-4,7-8,10,17H2,1H3,(H,18,19). The summed E-state index contributed by atoms with van der Waals surface area (Å²) in [4.78, 5) is 11.4. The molecule has 3 rings (SSSR count). The predicted molar refractivity (Wildman–Crippen MR) is 76.9 cm³/mol. The van der Waals surface area contributed by atoms with Crippen LogP contribution in [0, 0.1) is 5.41 Å². The lowest BCUT2D eigenvalue weighted by Crippen LogP contribution is -2.33. The van der Waals surface area contributed by atoms with Crippen LogP contribution in [-0.2, 0) is 11.2 Å². The highest BCUT2D eigenvalue weighted by Crippen LogP contribution is 2.44. The number of carbonyl (C=O) groups is 1. The van der Waals surface area contributed by atoms with Gasteiger partial charge in [-0.25, -0.2) is 0 Å². The highest BCUT2D eigenvalue weighted by atomic mass is 16.1. The summed E-state index contributed by atoms with van der Waals surface area (Å²) in [5.41, 5.74) is 9.97. The van der Waals surface area contributed by atoms with Crippen molar-refractivity contribution in [3.05, 3.63) is 29.3 Å². The summed E-state index contributed by atoms with van der Waals surface area (Å²) in [5, 5.41) is 2.87. The SMILES string of the molecule is CC1(C(N)c2ccc3c(c2)CC(=O)N3)CCCCC1. The van der Waals surface area contributed by atoms with Crippen molar-refractivity contribution in [1.82, 2.24) is 0 Å². The van der Waals surface area contributed by atoms with Gasteiger partial charge in [0, 0.05) is 11.7 Å². The van der Waals surface area contributed by atoms with E-state index in [1.54, 1.807) is 0 Å². The van der Waals surface area contributed by atoms with Gasteiger partial charge in [-0.15, -0.1) is 0 Å². The van der Waals surface area contributed by atoms with E-state index in [2.05, 4.69) is 24.4 Å². The molecule has 1 saturated carbocycles. The molecule has 3 N–H and O–H groups in total. The zero-order chi connectivity index (χ0) is 13.5. The molecule has 3 nitrogen and oxygen atoms in total. The molecule has 1 atom stereocenters. The van der Waals surface area contributed by atoms with E-state index in [0.717, 1.165) is 11.3 Å². The first kappa shape index (κ1) is 12.7. The van der Waals surface area contributed by atoms with Gasteiger partial charge in [-0.3, -0.25) is 4.79 Å². The van der Waals surface area contributed by atoms with E-state index in [0.29, 0.717) is 6.42 Å². The van der Waals surface area contributed by atoms with Gasteiger partial charge in [0.1, 0.15) is 0 Å². The molecule has 1 aliphatic heterocycles. The molecule has 0 aromatic heterocycles. The summed E-state index contributed by atoms with van der Waals surface area (Å²) in [5.74, 6) is 0.0876. The molecule has 19 heavy (non-hydrogen) atoms. The smallest absolute Gasteiger partial charge is 0.228 e. The van der Waals surface area contributed by atoms with Crippen LogP contribution < -0.4 is 11.1 Å². The fourth-order valence-electron chi connectivity index (χ4n) is 3.52. The molecule has 0 spiro atoms. The number of nitrogens with two attached hydrogens (primary N) is 1. The van der Waals surface area contributed by atoms with Crippen LogP contribution in [0.15, 0.2) is 18.2 Å².